The second-order valence-electron chi connectivity index (χ2n) is 5.30. The van der Waals surface area contributed by atoms with E-state index < -0.39 is 10.0 Å². The van der Waals surface area contributed by atoms with Gasteiger partial charge >= 0.3 is 0 Å². The van der Waals surface area contributed by atoms with Gasteiger partial charge in [-0.15, -0.1) is 0 Å². The number of piperidine rings is 1. The van der Waals surface area contributed by atoms with Crippen molar-refractivity contribution >= 4 is 10.0 Å². The van der Waals surface area contributed by atoms with Crippen LogP contribution in [0.15, 0.2) is 29.2 Å². The largest absolute Gasteiger partial charge is 0.381 e. The van der Waals surface area contributed by atoms with Gasteiger partial charge in [0.2, 0.25) is 10.0 Å². The van der Waals surface area contributed by atoms with Gasteiger partial charge in [0.15, 0.2) is 0 Å². The molecule has 0 radical (unpaired) electrons. The molecule has 4 nitrogen and oxygen atoms in total. The van der Waals surface area contributed by atoms with Gasteiger partial charge < -0.3 is 4.74 Å². The summed E-state index contributed by atoms with van der Waals surface area (Å²) in [5.41, 5.74) is 0.805. The van der Waals surface area contributed by atoms with E-state index in [4.69, 9.17) is 4.74 Å². The van der Waals surface area contributed by atoms with Crippen LogP contribution in [0.1, 0.15) is 25.3 Å². The molecule has 1 saturated heterocycles. The summed E-state index contributed by atoms with van der Waals surface area (Å²) < 4.78 is 32.5. The first-order valence-corrected chi connectivity index (χ1v) is 8.63. The molecule has 0 aliphatic carbocycles. The zero-order valence-corrected chi connectivity index (χ0v) is 13.0. The Balaban J connectivity index is 2.15. The third-order valence-corrected chi connectivity index (χ3v) is 5.78. The van der Waals surface area contributed by atoms with Crippen molar-refractivity contribution in [1.82, 2.24) is 4.31 Å². The molecule has 112 valence electrons. The second kappa shape index (κ2) is 6.70. The Morgan fingerprint density at radius 1 is 1.35 bits per heavy atom. The van der Waals surface area contributed by atoms with Crippen molar-refractivity contribution in [2.24, 2.45) is 5.92 Å². The predicted molar refractivity (Wildman–Crippen MR) is 79.2 cm³/mol. The first-order valence-electron chi connectivity index (χ1n) is 7.19. The third-order valence-electron chi connectivity index (χ3n) is 3.75. The van der Waals surface area contributed by atoms with Gasteiger partial charge in [-0.2, -0.15) is 4.31 Å². The Morgan fingerprint density at radius 3 is 2.80 bits per heavy atom. The zero-order chi connectivity index (χ0) is 14.6. The molecule has 20 heavy (non-hydrogen) atoms. The summed E-state index contributed by atoms with van der Waals surface area (Å²) in [7, 11) is -3.37. The van der Waals surface area contributed by atoms with Gasteiger partial charge in [0.1, 0.15) is 0 Å². The lowest BCUT2D eigenvalue weighted by atomic mass is 10.0. The lowest BCUT2D eigenvalue weighted by Gasteiger charge is -2.32. The van der Waals surface area contributed by atoms with Crippen LogP contribution in [0.2, 0.25) is 0 Å². The fourth-order valence-corrected chi connectivity index (χ4v) is 4.43. The average Bonchev–Trinajstić information content (AvgIpc) is 2.45. The molecular weight excluding hydrogens is 274 g/mol. The van der Waals surface area contributed by atoms with Gasteiger partial charge in [0, 0.05) is 19.7 Å². The molecule has 0 spiro atoms. The number of benzene rings is 1. The van der Waals surface area contributed by atoms with E-state index in [9.17, 15) is 8.42 Å². The molecule has 5 heteroatoms. The Labute approximate surface area is 121 Å². The summed E-state index contributed by atoms with van der Waals surface area (Å²) in [6.07, 6.45) is 1.95. The van der Waals surface area contributed by atoms with Crippen molar-refractivity contribution < 1.29 is 13.2 Å². The van der Waals surface area contributed by atoms with Crippen molar-refractivity contribution in [3.8, 4) is 0 Å². The maximum atomic E-state index is 12.7. The predicted octanol–water partition coefficient (Wildman–Crippen LogP) is 2.43. The van der Waals surface area contributed by atoms with E-state index in [1.165, 1.54) is 0 Å². The molecule has 1 heterocycles. The van der Waals surface area contributed by atoms with E-state index in [1.807, 2.05) is 26.0 Å². The van der Waals surface area contributed by atoms with Crippen molar-refractivity contribution in [3.05, 3.63) is 29.8 Å². The van der Waals surface area contributed by atoms with E-state index in [-0.39, 0.29) is 0 Å². The van der Waals surface area contributed by atoms with Crippen LogP contribution in [-0.4, -0.2) is 39.0 Å². The standard InChI is InChI=1S/C15H23NO3S/c1-3-19-12-14-8-6-10-16(11-14)20(17,18)15-9-5-4-7-13(15)2/h4-5,7,9,14H,3,6,8,10-12H2,1-2H3. The first kappa shape index (κ1) is 15.5. The van der Waals surface area contributed by atoms with E-state index in [0.717, 1.165) is 18.4 Å². The molecule has 1 unspecified atom stereocenters. The van der Waals surface area contributed by atoms with E-state index >= 15 is 0 Å². The summed E-state index contributed by atoms with van der Waals surface area (Å²) in [5, 5.41) is 0. The number of hydrogen-bond donors (Lipinski definition) is 0. The monoisotopic (exact) mass is 297 g/mol. The van der Waals surface area contributed by atoms with E-state index in [2.05, 4.69) is 0 Å². The normalized spacial score (nSPS) is 21.0. The molecule has 0 amide bonds. The van der Waals surface area contributed by atoms with Crippen LogP contribution in [0.3, 0.4) is 0 Å². The fourth-order valence-electron chi connectivity index (χ4n) is 2.65. The number of sulfonamides is 1. The Kier molecular flexibility index (Phi) is 5.18. The highest BCUT2D eigenvalue weighted by molar-refractivity contribution is 7.89. The number of rotatable bonds is 5. The first-order chi connectivity index (χ1) is 9.55. The highest BCUT2D eigenvalue weighted by atomic mass is 32.2. The van der Waals surface area contributed by atoms with Crippen LogP contribution >= 0.6 is 0 Å². The molecule has 0 aromatic heterocycles. The summed E-state index contributed by atoms with van der Waals surface area (Å²) in [6.45, 7) is 6.31. The second-order valence-corrected chi connectivity index (χ2v) is 7.20. The van der Waals surface area contributed by atoms with Crippen LogP contribution < -0.4 is 0 Å². The Bertz CT molecular complexity index is 542. The quantitative estimate of drug-likeness (QED) is 0.838. The maximum Gasteiger partial charge on any atom is 0.243 e. The van der Waals surface area contributed by atoms with Crippen LogP contribution in [0.4, 0.5) is 0 Å². The van der Waals surface area contributed by atoms with Crippen LogP contribution in [0.5, 0.6) is 0 Å². The van der Waals surface area contributed by atoms with Gasteiger partial charge in [-0.3, -0.25) is 0 Å². The summed E-state index contributed by atoms with van der Waals surface area (Å²) in [4.78, 5) is 0.428. The van der Waals surface area contributed by atoms with E-state index in [0.29, 0.717) is 37.1 Å². The van der Waals surface area contributed by atoms with Gasteiger partial charge in [0.05, 0.1) is 11.5 Å². The van der Waals surface area contributed by atoms with Gasteiger partial charge in [-0.05, 0) is 44.2 Å². The number of hydrogen-bond acceptors (Lipinski definition) is 3. The molecule has 1 aliphatic heterocycles. The smallest absolute Gasteiger partial charge is 0.243 e. The summed E-state index contributed by atoms with van der Waals surface area (Å²) in [6, 6.07) is 7.18. The van der Waals surface area contributed by atoms with Gasteiger partial charge in [0.25, 0.3) is 0 Å². The highest BCUT2D eigenvalue weighted by Gasteiger charge is 2.30. The third kappa shape index (κ3) is 3.40. The minimum atomic E-state index is -3.37. The van der Waals surface area contributed by atoms with Gasteiger partial charge in [-0.1, -0.05) is 18.2 Å². The van der Waals surface area contributed by atoms with Gasteiger partial charge in [-0.25, -0.2) is 8.42 Å². The minimum Gasteiger partial charge on any atom is -0.381 e. The van der Waals surface area contributed by atoms with Crippen molar-refractivity contribution in [3.63, 3.8) is 0 Å². The maximum absolute atomic E-state index is 12.7. The van der Waals surface area contributed by atoms with Crippen molar-refractivity contribution in [2.75, 3.05) is 26.3 Å². The Morgan fingerprint density at radius 2 is 2.10 bits per heavy atom. The van der Waals surface area contributed by atoms with Crippen molar-refractivity contribution in [1.29, 1.82) is 0 Å². The highest BCUT2D eigenvalue weighted by Crippen LogP contribution is 2.25. The van der Waals surface area contributed by atoms with Crippen LogP contribution in [-0.2, 0) is 14.8 Å². The number of nitrogens with zero attached hydrogens (tertiary/aromatic N) is 1. The SMILES string of the molecule is CCOCC1CCCN(S(=O)(=O)c2ccccc2C)C1. The zero-order valence-electron chi connectivity index (χ0n) is 12.2. The summed E-state index contributed by atoms with van der Waals surface area (Å²) in [5.74, 6) is 0.308. The topological polar surface area (TPSA) is 46.6 Å². The molecule has 1 fully saturated rings. The molecule has 0 bridgehead atoms. The lowest BCUT2D eigenvalue weighted by Crippen LogP contribution is -2.41. The molecule has 1 aromatic rings. The molecule has 1 atom stereocenters. The number of ether oxygens (including phenoxy) is 1. The molecule has 1 aromatic carbocycles. The average molecular weight is 297 g/mol. The van der Waals surface area contributed by atoms with E-state index in [1.54, 1.807) is 16.4 Å². The summed E-state index contributed by atoms with van der Waals surface area (Å²) >= 11 is 0. The fraction of sp³-hybridized carbons (Fsp3) is 0.600. The number of aryl methyl sites for hydroxylation is 1. The minimum absolute atomic E-state index is 0.308. The Hall–Kier alpha value is -0.910. The molecule has 2 rings (SSSR count). The van der Waals surface area contributed by atoms with Crippen molar-refractivity contribution in [2.45, 2.75) is 31.6 Å². The molecule has 0 N–H and O–H groups in total. The lowest BCUT2D eigenvalue weighted by molar-refractivity contribution is 0.0864. The molecule has 0 saturated carbocycles. The van der Waals surface area contributed by atoms with Crippen LogP contribution in [0.25, 0.3) is 0 Å². The molecule has 1 aliphatic rings. The van der Waals surface area contributed by atoms with Crippen LogP contribution in [0, 0.1) is 12.8 Å². The molecular formula is C15H23NO3S.